The van der Waals surface area contributed by atoms with Crippen LogP contribution in [0.3, 0.4) is 0 Å². The van der Waals surface area contributed by atoms with Gasteiger partial charge in [0, 0.05) is 28.2 Å². The maximum atomic E-state index is 4.06. The second-order valence-corrected chi connectivity index (χ2v) is 5.61. The number of hydrogen-bond donors (Lipinski definition) is 1. The zero-order valence-corrected chi connectivity index (χ0v) is 12.3. The molecule has 1 atom stereocenters. The summed E-state index contributed by atoms with van der Waals surface area (Å²) in [5.41, 5.74) is 1.36. The van der Waals surface area contributed by atoms with Gasteiger partial charge in [-0.2, -0.15) is 0 Å². The van der Waals surface area contributed by atoms with Crippen LogP contribution in [0.1, 0.15) is 31.9 Å². The van der Waals surface area contributed by atoms with Crippen molar-refractivity contribution < 1.29 is 0 Å². The van der Waals surface area contributed by atoms with Gasteiger partial charge >= 0.3 is 0 Å². The fourth-order valence-corrected chi connectivity index (χ4v) is 2.96. The summed E-state index contributed by atoms with van der Waals surface area (Å²) in [6.07, 6.45) is 4.83. The molecule has 2 rings (SSSR count). The fraction of sp³-hybridized carbons (Fsp3) is 0.312. The second kappa shape index (κ2) is 7.31. The van der Waals surface area contributed by atoms with Gasteiger partial charge in [0.15, 0.2) is 0 Å². The third kappa shape index (κ3) is 4.08. The molecule has 0 aliphatic carbocycles. The third-order valence-corrected chi connectivity index (χ3v) is 4.06. The highest BCUT2D eigenvalue weighted by Crippen LogP contribution is 2.32. The lowest BCUT2D eigenvalue weighted by Crippen LogP contribution is -2.19. The number of nitrogens with zero attached hydrogens (tertiary/aromatic N) is 1. The molecule has 0 spiro atoms. The average molecular weight is 272 g/mol. The van der Waals surface area contributed by atoms with Gasteiger partial charge in [-0.15, -0.1) is 0 Å². The van der Waals surface area contributed by atoms with Crippen LogP contribution in [-0.4, -0.2) is 11.5 Å². The van der Waals surface area contributed by atoms with E-state index in [2.05, 4.69) is 48.4 Å². The van der Waals surface area contributed by atoms with Gasteiger partial charge in [-0.1, -0.05) is 36.9 Å². The van der Waals surface area contributed by atoms with E-state index < -0.39 is 0 Å². The van der Waals surface area contributed by atoms with Crippen LogP contribution < -0.4 is 5.32 Å². The van der Waals surface area contributed by atoms with E-state index in [9.17, 15) is 0 Å². The van der Waals surface area contributed by atoms with Gasteiger partial charge < -0.3 is 5.32 Å². The molecule has 1 unspecified atom stereocenters. The Kier molecular flexibility index (Phi) is 5.43. The zero-order valence-electron chi connectivity index (χ0n) is 11.5. The van der Waals surface area contributed by atoms with Gasteiger partial charge in [0.1, 0.15) is 0 Å². The summed E-state index contributed by atoms with van der Waals surface area (Å²) in [5.74, 6) is 0. The quantitative estimate of drug-likeness (QED) is 0.849. The van der Waals surface area contributed by atoms with Crippen molar-refractivity contribution in [2.45, 2.75) is 36.1 Å². The van der Waals surface area contributed by atoms with Crippen LogP contribution in [0.5, 0.6) is 0 Å². The largest absolute Gasteiger partial charge is 0.310 e. The van der Waals surface area contributed by atoms with E-state index >= 15 is 0 Å². The van der Waals surface area contributed by atoms with E-state index in [1.54, 1.807) is 11.8 Å². The summed E-state index contributed by atoms with van der Waals surface area (Å²) < 4.78 is 0. The van der Waals surface area contributed by atoms with Gasteiger partial charge in [0.25, 0.3) is 0 Å². The van der Waals surface area contributed by atoms with E-state index in [0.29, 0.717) is 6.04 Å². The number of nitrogens with one attached hydrogen (secondary N) is 1. The first-order chi connectivity index (χ1) is 9.31. The molecule has 0 saturated carbocycles. The molecular formula is C16H20N2S. The minimum absolute atomic E-state index is 0.380. The van der Waals surface area contributed by atoms with Gasteiger partial charge in [-0.05, 0) is 43.7 Å². The van der Waals surface area contributed by atoms with E-state index in [1.807, 2.05) is 24.5 Å². The smallest absolute Gasteiger partial charge is 0.0303 e. The Morgan fingerprint density at radius 3 is 2.63 bits per heavy atom. The monoisotopic (exact) mass is 272 g/mol. The average Bonchev–Trinajstić information content (AvgIpc) is 2.46. The lowest BCUT2D eigenvalue weighted by atomic mass is 10.1. The van der Waals surface area contributed by atoms with Crippen molar-refractivity contribution in [3.05, 3.63) is 54.4 Å². The molecular weight excluding hydrogens is 252 g/mol. The summed E-state index contributed by atoms with van der Waals surface area (Å²) in [7, 11) is 0. The van der Waals surface area contributed by atoms with Crippen molar-refractivity contribution in [2.24, 2.45) is 0 Å². The standard InChI is InChI=1S/C16H20N2S/c1-3-10-18-13(2)15-6-4-5-7-16(15)19-14-8-11-17-12-9-14/h4-9,11-13,18H,3,10H2,1-2H3. The van der Waals surface area contributed by atoms with Crippen molar-refractivity contribution in [2.75, 3.05) is 6.54 Å². The number of pyridine rings is 1. The Morgan fingerprint density at radius 1 is 1.16 bits per heavy atom. The number of aromatic nitrogens is 1. The van der Waals surface area contributed by atoms with Crippen molar-refractivity contribution in [1.82, 2.24) is 10.3 Å². The highest BCUT2D eigenvalue weighted by Gasteiger charge is 2.10. The summed E-state index contributed by atoms with van der Waals surface area (Å²) >= 11 is 1.80. The highest BCUT2D eigenvalue weighted by molar-refractivity contribution is 7.99. The van der Waals surface area contributed by atoms with Gasteiger partial charge in [-0.3, -0.25) is 4.98 Å². The van der Waals surface area contributed by atoms with Crippen LogP contribution in [0.15, 0.2) is 58.6 Å². The predicted octanol–water partition coefficient (Wildman–Crippen LogP) is 4.29. The molecule has 0 amide bonds. The molecule has 2 nitrogen and oxygen atoms in total. The van der Waals surface area contributed by atoms with E-state index in [4.69, 9.17) is 0 Å². The molecule has 1 N–H and O–H groups in total. The molecule has 1 aromatic carbocycles. The first-order valence-electron chi connectivity index (χ1n) is 6.71. The molecule has 1 aromatic heterocycles. The number of rotatable bonds is 6. The van der Waals surface area contributed by atoms with Crippen LogP contribution in [0.4, 0.5) is 0 Å². The van der Waals surface area contributed by atoms with Crippen molar-refractivity contribution in [3.63, 3.8) is 0 Å². The van der Waals surface area contributed by atoms with Crippen molar-refractivity contribution in [3.8, 4) is 0 Å². The molecule has 19 heavy (non-hydrogen) atoms. The van der Waals surface area contributed by atoms with Gasteiger partial charge in [0.2, 0.25) is 0 Å². The topological polar surface area (TPSA) is 24.9 Å². The predicted molar refractivity (Wildman–Crippen MR) is 81.5 cm³/mol. The zero-order chi connectivity index (χ0) is 13.5. The second-order valence-electron chi connectivity index (χ2n) is 4.50. The van der Waals surface area contributed by atoms with E-state index in [1.165, 1.54) is 15.4 Å². The number of hydrogen-bond acceptors (Lipinski definition) is 3. The van der Waals surface area contributed by atoms with Crippen LogP contribution in [0.25, 0.3) is 0 Å². The molecule has 1 heterocycles. The summed E-state index contributed by atoms with van der Waals surface area (Å²) in [5, 5.41) is 3.55. The Labute approximate surface area is 119 Å². The Balaban J connectivity index is 2.16. The van der Waals surface area contributed by atoms with Crippen molar-refractivity contribution in [1.29, 1.82) is 0 Å². The number of benzene rings is 1. The Hall–Kier alpha value is -1.32. The van der Waals surface area contributed by atoms with Crippen molar-refractivity contribution >= 4 is 11.8 Å². The van der Waals surface area contributed by atoms with Crippen LogP contribution in [-0.2, 0) is 0 Å². The molecule has 0 aliphatic heterocycles. The third-order valence-electron chi connectivity index (χ3n) is 2.96. The summed E-state index contributed by atoms with van der Waals surface area (Å²) in [6, 6.07) is 13.1. The molecule has 0 aliphatic rings. The molecule has 0 fully saturated rings. The summed E-state index contributed by atoms with van der Waals surface area (Å²) in [4.78, 5) is 6.60. The Bertz CT molecular complexity index is 499. The van der Waals surface area contributed by atoms with Crippen LogP contribution in [0.2, 0.25) is 0 Å². The molecule has 0 radical (unpaired) electrons. The normalized spacial score (nSPS) is 12.3. The minimum Gasteiger partial charge on any atom is -0.310 e. The maximum Gasteiger partial charge on any atom is 0.0303 e. The first-order valence-corrected chi connectivity index (χ1v) is 7.53. The molecule has 0 saturated heterocycles. The van der Waals surface area contributed by atoms with E-state index in [-0.39, 0.29) is 0 Å². The lowest BCUT2D eigenvalue weighted by molar-refractivity contribution is 0.564. The lowest BCUT2D eigenvalue weighted by Gasteiger charge is -2.17. The molecule has 0 bridgehead atoms. The van der Waals surface area contributed by atoms with Crippen LogP contribution in [0, 0.1) is 0 Å². The van der Waals surface area contributed by atoms with E-state index in [0.717, 1.165) is 13.0 Å². The fourth-order valence-electron chi connectivity index (χ4n) is 1.94. The molecule has 3 heteroatoms. The molecule has 100 valence electrons. The SMILES string of the molecule is CCCNC(C)c1ccccc1Sc1ccncc1. The van der Waals surface area contributed by atoms with Gasteiger partial charge in [0.05, 0.1) is 0 Å². The van der Waals surface area contributed by atoms with Gasteiger partial charge in [-0.25, -0.2) is 0 Å². The Morgan fingerprint density at radius 2 is 1.89 bits per heavy atom. The molecule has 2 aromatic rings. The van der Waals surface area contributed by atoms with Crippen LogP contribution >= 0.6 is 11.8 Å². The summed E-state index contributed by atoms with van der Waals surface area (Å²) in [6.45, 7) is 5.47. The minimum atomic E-state index is 0.380. The highest BCUT2D eigenvalue weighted by atomic mass is 32.2. The maximum absolute atomic E-state index is 4.06. The first kappa shape index (κ1) is 14.1.